The van der Waals surface area contributed by atoms with Crippen molar-refractivity contribution in [3.8, 4) is 0 Å². The van der Waals surface area contributed by atoms with Gasteiger partial charge in [0.15, 0.2) is 0 Å². The molecule has 19 heavy (non-hydrogen) atoms. The zero-order chi connectivity index (χ0) is 13.0. The number of hydrogen-bond donors (Lipinski definition) is 0. The number of nitrogens with zero attached hydrogens (tertiary/aromatic N) is 1. The maximum atomic E-state index is 12.1. The molecule has 1 spiro atoms. The summed E-state index contributed by atoms with van der Waals surface area (Å²) in [5.74, 6) is -0.361. The van der Waals surface area contributed by atoms with Gasteiger partial charge in [-0.05, 0) is 12.1 Å². The Morgan fingerprint density at radius 2 is 1.47 bits per heavy atom. The molecule has 2 aliphatic heterocycles. The highest BCUT2D eigenvalue weighted by Gasteiger charge is 2.60. The second-order valence-corrected chi connectivity index (χ2v) is 4.73. The van der Waals surface area contributed by atoms with E-state index in [4.69, 9.17) is 4.89 Å². The lowest BCUT2D eigenvalue weighted by Gasteiger charge is -2.44. The van der Waals surface area contributed by atoms with Gasteiger partial charge in [-0.2, -0.15) is 4.89 Å². The predicted octanol–water partition coefficient (Wildman–Crippen LogP) is 2.50. The van der Waals surface area contributed by atoms with Gasteiger partial charge in [-0.25, -0.2) is 4.79 Å². The van der Waals surface area contributed by atoms with E-state index >= 15 is 0 Å². The van der Waals surface area contributed by atoms with Crippen molar-refractivity contribution in [2.45, 2.75) is 5.60 Å². The highest BCUT2D eigenvalue weighted by Crippen LogP contribution is 2.53. The van der Waals surface area contributed by atoms with Crippen molar-refractivity contribution in [3.63, 3.8) is 0 Å². The largest absolute Gasteiger partial charge is 0.387 e. The third kappa shape index (κ3) is 1.10. The van der Waals surface area contributed by atoms with Crippen molar-refractivity contribution in [1.82, 2.24) is 0 Å². The number of rotatable bonds is 0. The average molecular weight is 253 g/mol. The van der Waals surface area contributed by atoms with Crippen LogP contribution < -0.4 is 4.90 Å². The van der Waals surface area contributed by atoms with Crippen LogP contribution >= 0.6 is 0 Å². The topological polar surface area (TPSA) is 38.8 Å². The van der Waals surface area contributed by atoms with Gasteiger partial charge in [0, 0.05) is 29.5 Å². The van der Waals surface area contributed by atoms with Gasteiger partial charge < -0.3 is 4.90 Å². The Balaban J connectivity index is 2.09. The molecule has 1 fully saturated rings. The van der Waals surface area contributed by atoms with Crippen molar-refractivity contribution < 1.29 is 14.6 Å². The number of benzene rings is 2. The molecule has 0 unspecified atom stereocenters. The molecule has 2 heterocycles. The molecule has 2 aromatic carbocycles. The Kier molecular flexibility index (Phi) is 1.87. The summed E-state index contributed by atoms with van der Waals surface area (Å²) in [5.41, 5.74) is 2.47. The predicted molar refractivity (Wildman–Crippen MR) is 68.9 cm³/mol. The van der Waals surface area contributed by atoms with Crippen LogP contribution in [0.15, 0.2) is 48.5 Å². The minimum atomic E-state index is -1.10. The number of anilines is 2. The molecule has 4 nitrogen and oxygen atoms in total. The highest BCUT2D eigenvalue weighted by molar-refractivity contribution is 5.96. The molecule has 0 aromatic heterocycles. The monoisotopic (exact) mass is 253 g/mol. The molecule has 0 saturated carbocycles. The molecule has 2 aliphatic rings. The van der Waals surface area contributed by atoms with E-state index in [1.807, 2.05) is 55.6 Å². The molecule has 94 valence electrons. The quantitative estimate of drug-likeness (QED) is 0.676. The Morgan fingerprint density at radius 3 is 1.89 bits per heavy atom. The third-order valence-electron chi connectivity index (χ3n) is 3.82. The van der Waals surface area contributed by atoms with E-state index in [1.54, 1.807) is 0 Å². The summed E-state index contributed by atoms with van der Waals surface area (Å²) in [6, 6.07) is 15.4. The Hall–Kier alpha value is -2.33. The van der Waals surface area contributed by atoms with Crippen LogP contribution in [-0.4, -0.2) is 13.0 Å². The lowest BCUT2D eigenvalue weighted by atomic mass is 9.80. The minimum Gasteiger partial charge on any atom is -0.344 e. The summed E-state index contributed by atoms with van der Waals surface area (Å²) in [7, 11) is 1.98. The smallest absolute Gasteiger partial charge is 0.344 e. The molecule has 0 atom stereocenters. The molecule has 2 aromatic rings. The van der Waals surface area contributed by atoms with E-state index in [0.717, 1.165) is 22.5 Å². The summed E-state index contributed by atoms with van der Waals surface area (Å²) in [5, 5.41) is 0. The summed E-state index contributed by atoms with van der Waals surface area (Å²) in [6.07, 6.45) is 0. The maximum Gasteiger partial charge on any atom is 0.387 e. The van der Waals surface area contributed by atoms with Crippen molar-refractivity contribution in [1.29, 1.82) is 0 Å². The van der Waals surface area contributed by atoms with Gasteiger partial charge in [0.25, 0.3) is 5.60 Å². The molecule has 4 heteroatoms. The molecule has 1 saturated heterocycles. The maximum absolute atomic E-state index is 12.1. The molecule has 4 rings (SSSR count). The van der Waals surface area contributed by atoms with Crippen molar-refractivity contribution >= 4 is 17.3 Å². The first kappa shape index (κ1) is 10.6. The first-order chi connectivity index (χ1) is 9.25. The first-order valence-electron chi connectivity index (χ1n) is 6.08. The Morgan fingerprint density at radius 1 is 0.947 bits per heavy atom. The highest BCUT2D eigenvalue weighted by atomic mass is 17.3. The van der Waals surface area contributed by atoms with Crippen LogP contribution in [0.3, 0.4) is 0 Å². The van der Waals surface area contributed by atoms with E-state index in [0.29, 0.717) is 0 Å². The standard InChI is InChI=1S/C15H11NO3/c1-16-12-8-4-2-6-10(12)15(14(17)18-19-15)11-7-3-5-9-13(11)16/h2-9H,1H3. The molecule has 0 N–H and O–H groups in total. The minimum absolute atomic E-state index is 0.361. The van der Waals surface area contributed by atoms with Crippen LogP contribution in [0.4, 0.5) is 11.4 Å². The molecular formula is C15H11NO3. The third-order valence-corrected chi connectivity index (χ3v) is 3.82. The summed E-state index contributed by atoms with van der Waals surface area (Å²) in [6.45, 7) is 0. The summed E-state index contributed by atoms with van der Waals surface area (Å²) >= 11 is 0. The fourth-order valence-corrected chi connectivity index (χ4v) is 2.87. The molecular weight excluding hydrogens is 242 g/mol. The van der Waals surface area contributed by atoms with E-state index in [1.165, 1.54) is 0 Å². The van der Waals surface area contributed by atoms with E-state index < -0.39 is 5.60 Å². The normalized spacial score (nSPS) is 18.4. The van der Waals surface area contributed by atoms with Crippen LogP contribution in [0.25, 0.3) is 0 Å². The number of fused-ring (bicyclic) bond motifs is 4. The van der Waals surface area contributed by atoms with Crippen LogP contribution in [0.5, 0.6) is 0 Å². The van der Waals surface area contributed by atoms with Gasteiger partial charge >= 0.3 is 5.97 Å². The second-order valence-electron chi connectivity index (χ2n) is 4.73. The SMILES string of the molecule is CN1c2ccccc2C2(OOC2=O)c2ccccc21. The van der Waals surface area contributed by atoms with Crippen LogP contribution in [0, 0.1) is 0 Å². The number of para-hydroxylation sites is 2. The fraction of sp³-hybridized carbons (Fsp3) is 0.133. The molecule has 0 aliphatic carbocycles. The molecule has 0 amide bonds. The Bertz CT molecular complexity index is 648. The Labute approximate surface area is 110 Å². The van der Waals surface area contributed by atoms with Crippen LogP contribution in [-0.2, 0) is 20.2 Å². The van der Waals surface area contributed by atoms with E-state index in [2.05, 4.69) is 9.79 Å². The van der Waals surface area contributed by atoms with E-state index in [9.17, 15) is 4.79 Å². The zero-order valence-electron chi connectivity index (χ0n) is 10.3. The van der Waals surface area contributed by atoms with Gasteiger partial charge in [-0.3, -0.25) is 4.89 Å². The lowest BCUT2D eigenvalue weighted by Crippen LogP contribution is -2.53. The van der Waals surface area contributed by atoms with Crippen molar-refractivity contribution in [2.75, 3.05) is 11.9 Å². The molecule has 0 radical (unpaired) electrons. The summed E-state index contributed by atoms with van der Waals surface area (Å²) < 4.78 is 0. The summed E-state index contributed by atoms with van der Waals surface area (Å²) in [4.78, 5) is 24.0. The number of carbonyl (C=O) groups is 1. The van der Waals surface area contributed by atoms with Gasteiger partial charge in [0.2, 0.25) is 0 Å². The first-order valence-corrected chi connectivity index (χ1v) is 6.08. The van der Waals surface area contributed by atoms with Gasteiger partial charge in [0.1, 0.15) is 0 Å². The fourth-order valence-electron chi connectivity index (χ4n) is 2.87. The van der Waals surface area contributed by atoms with Crippen LogP contribution in [0.1, 0.15) is 11.1 Å². The van der Waals surface area contributed by atoms with Crippen LogP contribution in [0.2, 0.25) is 0 Å². The number of carbonyl (C=O) groups excluding carboxylic acids is 1. The van der Waals surface area contributed by atoms with Gasteiger partial charge in [-0.1, -0.05) is 36.4 Å². The molecule has 0 bridgehead atoms. The zero-order valence-corrected chi connectivity index (χ0v) is 10.3. The average Bonchev–Trinajstić information content (AvgIpc) is 2.46. The number of hydrogen-bond acceptors (Lipinski definition) is 4. The van der Waals surface area contributed by atoms with Gasteiger partial charge in [-0.15, -0.1) is 0 Å². The van der Waals surface area contributed by atoms with Crippen molar-refractivity contribution in [2.24, 2.45) is 0 Å². The van der Waals surface area contributed by atoms with E-state index in [-0.39, 0.29) is 5.97 Å². The van der Waals surface area contributed by atoms with Crippen molar-refractivity contribution in [3.05, 3.63) is 59.7 Å². The van der Waals surface area contributed by atoms with Gasteiger partial charge in [0.05, 0.1) is 0 Å². The second kappa shape index (κ2) is 3.36. The lowest BCUT2D eigenvalue weighted by molar-refractivity contribution is -0.395.